The molecule has 1 aliphatic carbocycles. The second-order valence-electron chi connectivity index (χ2n) is 3.14. The minimum absolute atomic E-state index is 0.588. The minimum Gasteiger partial charge on any atom is -0.309 e. The molecule has 1 nitrogen and oxygen atoms in total. The minimum atomic E-state index is 0.588. The number of nitrogens with one attached hydrogen (secondary N) is 1. The lowest BCUT2D eigenvalue weighted by molar-refractivity contribution is 0.247. The monoisotopic (exact) mass is 157 g/mol. The molecule has 0 aromatic carbocycles. The van der Waals surface area contributed by atoms with Crippen LogP contribution in [0.25, 0.3) is 0 Å². The third kappa shape index (κ3) is 2.48. The molecule has 0 spiro atoms. The Labute approximate surface area is 71.6 Å². The second kappa shape index (κ2) is 4.76. The maximum Gasteiger partial charge on any atom is 0.0171 e. The van der Waals surface area contributed by atoms with Crippen LogP contribution in [0.15, 0.2) is 0 Å². The molecule has 1 saturated carbocycles. The van der Waals surface area contributed by atoms with Crippen LogP contribution in [0.5, 0.6) is 0 Å². The van der Waals surface area contributed by atoms with Gasteiger partial charge in [0.25, 0.3) is 0 Å². The van der Waals surface area contributed by atoms with Crippen LogP contribution < -0.4 is 5.32 Å². The first-order valence-electron chi connectivity index (χ1n) is 5.06. The number of rotatable bonds is 0. The first-order valence-corrected chi connectivity index (χ1v) is 5.06. The summed E-state index contributed by atoms with van der Waals surface area (Å²) in [7, 11) is 0. The Balaban J connectivity index is 0.000000222. The normalized spacial score (nSPS) is 37.4. The van der Waals surface area contributed by atoms with Gasteiger partial charge < -0.3 is 5.32 Å². The topological polar surface area (TPSA) is 12.0 Å². The van der Waals surface area contributed by atoms with E-state index in [1.807, 2.05) is 27.7 Å². The molecule has 3 aliphatic rings. The molecule has 0 amide bonds. The van der Waals surface area contributed by atoms with Gasteiger partial charge in [-0.15, -0.1) is 0 Å². The summed E-state index contributed by atoms with van der Waals surface area (Å²) in [6.45, 7) is 10.3. The van der Waals surface area contributed by atoms with Crippen molar-refractivity contribution in [2.24, 2.45) is 0 Å². The van der Waals surface area contributed by atoms with Gasteiger partial charge in [0.2, 0.25) is 0 Å². The molecule has 2 atom stereocenters. The van der Waals surface area contributed by atoms with E-state index in [4.69, 9.17) is 0 Å². The molecule has 1 N–H and O–H groups in total. The van der Waals surface area contributed by atoms with Gasteiger partial charge >= 0.3 is 0 Å². The smallest absolute Gasteiger partial charge is 0.0171 e. The number of fused-ring (bicyclic) bond motifs is 1. The Hall–Kier alpha value is -0.0400. The lowest BCUT2D eigenvalue weighted by atomic mass is 9.93. The molecule has 2 bridgehead atoms. The fourth-order valence-corrected chi connectivity index (χ4v) is 1.86. The van der Waals surface area contributed by atoms with Gasteiger partial charge in [0.05, 0.1) is 0 Å². The third-order valence-electron chi connectivity index (χ3n) is 2.29. The Kier molecular flexibility index (Phi) is 4.74. The molecule has 2 heterocycles. The van der Waals surface area contributed by atoms with Crippen molar-refractivity contribution in [3.8, 4) is 0 Å². The lowest BCUT2D eigenvalue weighted by Crippen LogP contribution is -2.53. The van der Waals surface area contributed by atoms with Gasteiger partial charge in [0, 0.05) is 11.6 Å². The van der Waals surface area contributed by atoms with Crippen molar-refractivity contribution < 1.29 is 0 Å². The van der Waals surface area contributed by atoms with Crippen molar-refractivity contribution in [1.29, 1.82) is 0 Å². The predicted molar refractivity (Wildman–Crippen MR) is 51.9 cm³/mol. The number of hydrogen-bond acceptors (Lipinski definition) is 1. The van der Waals surface area contributed by atoms with Crippen LogP contribution in [0, 0.1) is 0 Å². The van der Waals surface area contributed by atoms with Crippen LogP contribution in [0.3, 0.4) is 0 Å². The van der Waals surface area contributed by atoms with Crippen molar-refractivity contribution in [2.75, 3.05) is 0 Å². The molecule has 3 fully saturated rings. The standard InChI is InChI=1S/C6H11N.2C2H6/c1-6-3-2-5(4-6)7-6;2*1-2/h5,7H,2-4H2,1H3;2*1-2H3. The molecule has 2 saturated heterocycles. The van der Waals surface area contributed by atoms with Gasteiger partial charge in [0.15, 0.2) is 0 Å². The molecule has 0 aromatic rings. The largest absolute Gasteiger partial charge is 0.309 e. The van der Waals surface area contributed by atoms with E-state index >= 15 is 0 Å². The second-order valence-corrected chi connectivity index (χ2v) is 3.14. The molecule has 0 radical (unpaired) electrons. The Morgan fingerprint density at radius 2 is 1.64 bits per heavy atom. The van der Waals surface area contributed by atoms with Crippen LogP contribution in [-0.2, 0) is 0 Å². The first kappa shape index (κ1) is 11.0. The average Bonchev–Trinajstić information content (AvgIpc) is 2.54. The maximum atomic E-state index is 3.49. The fourth-order valence-electron chi connectivity index (χ4n) is 1.86. The van der Waals surface area contributed by atoms with Crippen LogP contribution in [0.2, 0.25) is 0 Å². The van der Waals surface area contributed by atoms with Gasteiger partial charge in [-0.25, -0.2) is 0 Å². The average molecular weight is 157 g/mol. The highest BCUT2D eigenvalue weighted by molar-refractivity contribution is 5.07. The summed E-state index contributed by atoms with van der Waals surface area (Å²) in [6, 6.07) is 0.907. The first-order chi connectivity index (χ1) is 5.29. The van der Waals surface area contributed by atoms with Gasteiger partial charge in [0.1, 0.15) is 0 Å². The molecular formula is C10H23N. The fraction of sp³-hybridized carbons (Fsp3) is 1.00. The zero-order valence-electron chi connectivity index (χ0n) is 8.70. The highest BCUT2D eigenvalue weighted by Crippen LogP contribution is 2.39. The molecular weight excluding hydrogens is 134 g/mol. The van der Waals surface area contributed by atoms with Crippen LogP contribution in [0.4, 0.5) is 0 Å². The Morgan fingerprint density at radius 3 is 1.73 bits per heavy atom. The Bertz CT molecular complexity index is 87.5. The predicted octanol–water partition coefficient (Wildman–Crippen LogP) is 2.95. The maximum absolute atomic E-state index is 3.49. The molecule has 0 aromatic heterocycles. The van der Waals surface area contributed by atoms with E-state index in [0.717, 1.165) is 6.04 Å². The van der Waals surface area contributed by atoms with E-state index in [1.165, 1.54) is 19.3 Å². The molecule has 11 heavy (non-hydrogen) atoms. The molecule has 3 rings (SSSR count). The van der Waals surface area contributed by atoms with E-state index in [-0.39, 0.29) is 0 Å². The highest BCUT2D eigenvalue weighted by atomic mass is 15.1. The van der Waals surface area contributed by atoms with E-state index in [2.05, 4.69) is 12.2 Å². The third-order valence-corrected chi connectivity index (χ3v) is 2.29. The summed E-state index contributed by atoms with van der Waals surface area (Å²) >= 11 is 0. The molecule has 2 unspecified atom stereocenters. The van der Waals surface area contributed by atoms with Crippen LogP contribution >= 0.6 is 0 Å². The van der Waals surface area contributed by atoms with Gasteiger partial charge in [-0.1, -0.05) is 27.7 Å². The van der Waals surface area contributed by atoms with E-state index in [1.54, 1.807) is 0 Å². The van der Waals surface area contributed by atoms with Crippen molar-refractivity contribution in [1.82, 2.24) is 5.32 Å². The zero-order valence-corrected chi connectivity index (χ0v) is 8.70. The van der Waals surface area contributed by atoms with Crippen molar-refractivity contribution in [3.63, 3.8) is 0 Å². The quantitative estimate of drug-likeness (QED) is 0.570. The number of hydrogen-bond donors (Lipinski definition) is 1. The van der Waals surface area contributed by atoms with E-state index in [9.17, 15) is 0 Å². The van der Waals surface area contributed by atoms with Crippen molar-refractivity contribution >= 4 is 0 Å². The lowest BCUT2D eigenvalue weighted by Gasteiger charge is -2.36. The summed E-state index contributed by atoms with van der Waals surface area (Å²) in [4.78, 5) is 0. The Morgan fingerprint density at radius 1 is 1.18 bits per heavy atom. The highest BCUT2D eigenvalue weighted by Gasteiger charge is 2.45. The SMILES string of the molecule is CC.CC.CC12CCC(C1)N2. The van der Waals surface area contributed by atoms with Gasteiger partial charge in [-0.05, 0) is 26.2 Å². The summed E-state index contributed by atoms with van der Waals surface area (Å²) in [5.74, 6) is 0. The van der Waals surface area contributed by atoms with Crippen molar-refractivity contribution in [3.05, 3.63) is 0 Å². The van der Waals surface area contributed by atoms with E-state index in [0.29, 0.717) is 5.54 Å². The molecule has 2 aliphatic heterocycles. The zero-order chi connectivity index (χ0) is 8.91. The summed E-state index contributed by atoms with van der Waals surface area (Å²) < 4.78 is 0. The van der Waals surface area contributed by atoms with E-state index < -0.39 is 0 Å². The van der Waals surface area contributed by atoms with Gasteiger partial charge in [-0.2, -0.15) is 0 Å². The summed E-state index contributed by atoms with van der Waals surface area (Å²) in [5.41, 5.74) is 0.588. The van der Waals surface area contributed by atoms with Crippen LogP contribution in [-0.4, -0.2) is 11.6 Å². The van der Waals surface area contributed by atoms with Crippen molar-refractivity contribution in [2.45, 2.75) is 65.5 Å². The van der Waals surface area contributed by atoms with Gasteiger partial charge in [-0.3, -0.25) is 0 Å². The summed E-state index contributed by atoms with van der Waals surface area (Å²) in [5, 5.41) is 3.49. The summed E-state index contributed by atoms with van der Waals surface area (Å²) in [6.07, 6.45) is 4.28. The molecule has 1 heteroatoms. The van der Waals surface area contributed by atoms with Crippen LogP contribution in [0.1, 0.15) is 53.9 Å². The molecule has 68 valence electrons.